The molecule has 0 fully saturated rings. The van der Waals surface area contributed by atoms with Crippen molar-refractivity contribution in [2.45, 2.75) is 13.8 Å². The molecule has 15 heavy (non-hydrogen) atoms. The Morgan fingerprint density at radius 1 is 1.47 bits per heavy atom. The third-order valence-electron chi connectivity index (χ3n) is 2.03. The average Bonchev–Trinajstić information content (AvgIpc) is 2.65. The summed E-state index contributed by atoms with van der Waals surface area (Å²) in [5, 5.41) is 13.8. The van der Waals surface area contributed by atoms with E-state index in [1.807, 2.05) is 6.07 Å². The van der Waals surface area contributed by atoms with Gasteiger partial charge in [0.05, 0.1) is 5.69 Å². The topological polar surface area (TPSA) is 66.5 Å². The number of allylic oxidation sites excluding steroid dienone is 1. The second-order valence-electron chi connectivity index (χ2n) is 3.52. The van der Waals surface area contributed by atoms with Crippen LogP contribution >= 0.6 is 0 Å². The molecular weight excluding hydrogens is 190 g/mol. The Morgan fingerprint density at radius 2 is 2.33 bits per heavy atom. The second-order valence-corrected chi connectivity index (χ2v) is 3.52. The predicted octanol–water partition coefficient (Wildman–Crippen LogP) is 1.73. The zero-order chi connectivity index (χ0) is 10.7. The lowest BCUT2D eigenvalue weighted by Crippen LogP contribution is -1.99. The Hall–Kier alpha value is -1.91. The molecule has 0 bridgehead atoms. The summed E-state index contributed by atoms with van der Waals surface area (Å²) in [7, 11) is 0. The number of hydrogen-bond donors (Lipinski definition) is 2. The predicted molar refractivity (Wildman–Crippen MR) is 59.6 cm³/mol. The van der Waals surface area contributed by atoms with Crippen molar-refractivity contribution in [3.05, 3.63) is 23.9 Å². The molecule has 0 saturated carbocycles. The standard InChI is InChI=1S/C10H13N5/c1-7(2)3-5-11-8-4-6-12-10-9(8)13-15-14-10/h3-4,6H,5H2,1-2H3,(H2,11,12,13,14,15). The highest BCUT2D eigenvalue weighted by atomic mass is 15.3. The number of rotatable bonds is 3. The summed E-state index contributed by atoms with van der Waals surface area (Å²) in [5.74, 6) is 0. The van der Waals surface area contributed by atoms with Crippen molar-refractivity contribution in [2.75, 3.05) is 11.9 Å². The van der Waals surface area contributed by atoms with Gasteiger partial charge in [-0.05, 0) is 19.9 Å². The lowest BCUT2D eigenvalue weighted by atomic mass is 10.3. The van der Waals surface area contributed by atoms with E-state index in [0.717, 1.165) is 17.7 Å². The van der Waals surface area contributed by atoms with E-state index < -0.39 is 0 Å². The fourth-order valence-corrected chi connectivity index (χ4v) is 1.27. The van der Waals surface area contributed by atoms with Crippen molar-refractivity contribution >= 4 is 16.9 Å². The normalized spacial score (nSPS) is 10.3. The summed E-state index contributed by atoms with van der Waals surface area (Å²) in [5.41, 5.74) is 3.65. The fraction of sp³-hybridized carbons (Fsp3) is 0.300. The van der Waals surface area contributed by atoms with Gasteiger partial charge in [0.1, 0.15) is 0 Å². The Balaban J connectivity index is 2.20. The highest BCUT2D eigenvalue weighted by Crippen LogP contribution is 2.15. The van der Waals surface area contributed by atoms with Gasteiger partial charge in [-0.1, -0.05) is 11.6 Å². The maximum Gasteiger partial charge on any atom is 0.203 e. The number of anilines is 1. The summed E-state index contributed by atoms with van der Waals surface area (Å²) in [6.45, 7) is 4.92. The molecule has 0 unspecified atom stereocenters. The van der Waals surface area contributed by atoms with Crippen molar-refractivity contribution in [3.8, 4) is 0 Å². The summed E-state index contributed by atoms with van der Waals surface area (Å²) in [6.07, 6.45) is 3.84. The number of nitrogens with zero attached hydrogens (tertiary/aromatic N) is 3. The molecule has 0 spiro atoms. The number of pyridine rings is 1. The smallest absolute Gasteiger partial charge is 0.203 e. The first-order valence-corrected chi connectivity index (χ1v) is 4.80. The van der Waals surface area contributed by atoms with Gasteiger partial charge >= 0.3 is 0 Å². The molecule has 5 heteroatoms. The summed E-state index contributed by atoms with van der Waals surface area (Å²) in [4.78, 5) is 4.08. The van der Waals surface area contributed by atoms with Crippen molar-refractivity contribution < 1.29 is 0 Å². The van der Waals surface area contributed by atoms with Crippen LogP contribution in [0.2, 0.25) is 0 Å². The SMILES string of the molecule is CC(C)=CCNc1ccnc2n[nH]nc12. The molecule has 2 aromatic rings. The van der Waals surface area contributed by atoms with Gasteiger partial charge in [0, 0.05) is 12.7 Å². The zero-order valence-electron chi connectivity index (χ0n) is 8.78. The fourth-order valence-electron chi connectivity index (χ4n) is 1.27. The van der Waals surface area contributed by atoms with Crippen LogP contribution in [0.15, 0.2) is 23.9 Å². The monoisotopic (exact) mass is 203 g/mol. The van der Waals surface area contributed by atoms with E-state index in [0.29, 0.717) is 5.65 Å². The minimum Gasteiger partial charge on any atom is -0.380 e. The van der Waals surface area contributed by atoms with Gasteiger partial charge < -0.3 is 5.32 Å². The van der Waals surface area contributed by atoms with Gasteiger partial charge in [0.2, 0.25) is 5.65 Å². The van der Waals surface area contributed by atoms with Gasteiger partial charge in [-0.25, -0.2) is 4.98 Å². The first kappa shape index (κ1) is 9.64. The molecule has 0 radical (unpaired) electrons. The Kier molecular flexibility index (Phi) is 2.62. The quantitative estimate of drug-likeness (QED) is 0.745. The number of aromatic amines is 1. The maximum atomic E-state index is 4.08. The second kappa shape index (κ2) is 4.08. The van der Waals surface area contributed by atoms with Crippen LogP contribution in [-0.2, 0) is 0 Å². The van der Waals surface area contributed by atoms with Crippen LogP contribution in [0.5, 0.6) is 0 Å². The number of nitrogens with one attached hydrogen (secondary N) is 2. The third kappa shape index (κ3) is 2.12. The van der Waals surface area contributed by atoms with Crippen LogP contribution in [0, 0.1) is 0 Å². The minimum absolute atomic E-state index is 0.636. The zero-order valence-corrected chi connectivity index (χ0v) is 8.78. The van der Waals surface area contributed by atoms with Gasteiger partial charge in [0.15, 0.2) is 5.52 Å². The number of aromatic nitrogens is 4. The molecule has 0 aromatic carbocycles. The molecular formula is C10H13N5. The first-order chi connectivity index (χ1) is 7.27. The average molecular weight is 203 g/mol. The van der Waals surface area contributed by atoms with E-state index in [-0.39, 0.29) is 0 Å². The van der Waals surface area contributed by atoms with Crippen LogP contribution < -0.4 is 5.32 Å². The van der Waals surface area contributed by atoms with E-state index in [2.05, 4.69) is 45.6 Å². The van der Waals surface area contributed by atoms with Crippen LogP contribution in [0.3, 0.4) is 0 Å². The highest BCUT2D eigenvalue weighted by molar-refractivity contribution is 5.84. The Labute approximate surface area is 87.6 Å². The van der Waals surface area contributed by atoms with E-state index in [4.69, 9.17) is 0 Å². The van der Waals surface area contributed by atoms with Gasteiger partial charge in [0.25, 0.3) is 0 Å². The van der Waals surface area contributed by atoms with Gasteiger partial charge in [-0.3, -0.25) is 0 Å². The Bertz CT molecular complexity index is 481. The van der Waals surface area contributed by atoms with Crippen molar-refractivity contribution in [2.24, 2.45) is 0 Å². The summed E-state index contributed by atoms with van der Waals surface area (Å²) < 4.78 is 0. The van der Waals surface area contributed by atoms with Crippen molar-refractivity contribution in [1.82, 2.24) is 20.4 Å². The van der Waals surface area contributed by atoms with Crippen molar-refractivity contribution in [3.63, 3.8) is 0 Å². The summed E-state index contributed by atoms with van der Waals surface area (Å²) in [6, 6.07) is 1.89. The molecule has 0 saturated heterocycles. The van der Waals surface area contributed by atoms with Crippen LogP contribution in [-0.4, -0.2) is 26.9 Å². The minimum atomic E-state index is 0.636. The number of fused-ring (bicyclic) bond motifs is 1. The van der Waals surface area contributed by atoms with E-state index >= 15 is 0 Å². The Morgan fingerprint density at radius 3 is 3.13 bits per heavy atom. The molecule has 2 N–H and O–H groups in total. The lowest BCUT2D eigenvalue weighted by molar-refractivity contribution is 0.954. The molecule has 2 rings (SSSR count). The molecule has 0 atom stereocenters. The van der Waals surface area contributed by atoms with Gasteiger partial charge in [-0.15, -0.1) is 5.10 Å². The molecule has 0 aliphatic rings. The first-order valence-electron chi connectivity index (χ1n) is 4.80. The van der Waals surface area contributed by atoms with Crippen LogP contribution in [0.1, 0.15) is 13.8 Å². The molecule has 0 aliphatic heterocycles. The van der Waals surface area contributed by atoms with E-state index in [1.165, 1.54) is 5.57 Å². The molecule has 5 nitrogen and oxygen atoms in total. The lowest BCUT2D eigenvalue weighted by Gasteiger charge is -2.02. The number of hydrogen-bond acceptors (Lipinski definition) is 4. The molecule has 2 heterocycles. The van der Waals surface area contributed by atoms with Crippen LogP contribution in [0.25, 0.3) is 11.2 Å². The van der Waals surface area contributed by atoms with E-state index in [1.54, 1.807) is 6.20 Å². The largest absolute Gasteiger partial charge is 0.380 e. The van der Waals surface area contributed by atoms with Crippen LogP contribution in [0.4, 0.5) is 5.69 Å². The van der Waals surface area contributed by atoms with E-state index in [9.17, 15) is 0 Å². The highest BCUT2D eigenvalue weighted by Gasteiger charge is 2.03. The van der Waals surface area contributed by atoms with Gasteiger partial charge in [-0.2, -0.15) is 10.3 Å². The molecule has 0 aliphatic carbocycles. The number of H-pyrrole nitrogens is 1. The maximum absolute atomic E-state index is 4.08. The van der Waals surface area contributed by atoms with Crippen molar-refractivity contribution in [1.29, 1.82) is 0 Å². The third-order valence-corrected chi connectivity index (χ3v) is 2.03. The molecule has 78 valence electrons. The molecule has 0 amide bonds. The summed E-state index contributed by atoms with van der Waals surface area (Å²) >= 11 is 0. The molecule has 2 aromatic heterocycles.